The van der Waals surface area contributed by atoms with Gasteiger partial charge in [0.1, 0.15) is 0 Å². The Morgan fingerprint density at radius 3 is 2.75 bits per heavy atom. The monoisotopic (exact) mass is 192 g/mol. The fourth-order valence-electron chi connectivity index (χ4n) is 0.883. The Hall–Kier alpha value is -0.520. The van der Waals surface area contributed by atoms with E-state index in [2.05, 4.69) is 5.43 Å². The van der Waals surface area contributed by atoms with E-state index in [9.17, 15) is 8.78 Å². The van der Waals surface area contributed by atoms with Crippen molar-refractivity contribution < 1.29 is 8.78 Å². The molecule has 0 spiro atoms. The van der Waals surface area contributed by atoms with E-state index < -0.39 is 12.5 Å². The summed E-state index contributed by atoms with van der Waals surface area (Å²) in [6.45, 7) is 0. The van der Waals surface area contributed by atoms with Crippen molar-refractivity contribution in [3.05, 3.63) is 22.4 Å². The van der Waals surface area contributed by atoms with Crippen molar-refractivity contribution in [3.8, 4) is 0 Å². The number of hydrogen-bond acceptors (Lipinski definition) is 3. The quantitative estimate of drug-likeness (QED) is 0.559. The smallest absolute Gasteiger partial charge is 0.255 e. The van der Waals surface area contributed by atoms with Crippen LogP contribution in [0.3, 0.4) is 0 Å². The number of nitrogens with two attached hydrogens (primary N) is 1. The van der Waals surface area contributed by atoms with Crippen LogP contribution in [0.5, 0.6) is 0 Å². The van der Waals surface area contributed by atoms with Crippen LogP contribution in [-0.4, -0.2) is 12.5 Å². The van der Waals surface area contributed by atoms with Gasteiger partial charge < -0.3 is 0 Å². The van der Waals surface area contributed by atoms with Crippen LogP contribution in [0.15, 0.2) is 16.8 Å². The second-order valence-corrected chi connectivity index (χ2v) is 3.22. The van der Waals surface area contributed by atoms with Crippen LogP contribution in [0.2, 0.25) is 0 Å². The Labute approximate surface area is 73.4 Å². The van der Waals surface area contributed by atoms with Crippen LogP contribution < -0.4 is 11.3 Å². The molecule has 1 aromatic rings. The highest BCUT2D eigenvalue weighted by Crippen LogP contribution is 2.11. The van der Waals surface area contributed by atoms with Gasteiger partial charge >= 0.3 is 0 Å². The van der Waals surface area contributed by atoms with Crippen LogP contribution in [-0.2, 0) is 6.42 Å². The average molecular weight is 192 g/mol. The number of alkyl halides is 2. The van der Waals surface area contributed by atoms with Gasteiger partial charge in [0, 0.05) is 0 Å². The van der Waals surface area contributed by atoms with Gasteiger partial charge in [0.25, 0.3) is 6.43 Å². The maximum absolute atomic E-state index is 12.2. The third-order valence-corrected chi connectivity index (χ3v) is 2.29. The van der Waals surface area contributed by atoms with E-state index in [-0.39, 0.29) is 6.42 Å². The van der Waals surface area contributed by atoms with Crippen LogP contribution >= 0.6 is 11.3 Å². The van der Waals surface area contributed by atoms with Gasteiger partial charge in [0.15, 0.2) is 0 Å². The summed E-state index contributed by atoms with van der Waals surface area (Å²) in [5, 5.41) is 3.70. The summed E-state index contributed by atoms with van der Waals surface area (Å²) in [5.74, 6) is 4.96. The maximum atomic E-state index is 12.2. The van der Waals surface area contributed by atoms with Gasteiger partial charge in [0.05, 0.1) is 6.04 Å². The minimum absolute atomic E-state index is 0.275. The van der Waals surface area contributed by atoms with Crippen molar-refractivity contribution in [2.45, 2.75) is 18.9 Å². The molecule has 1 rings (SSSR count). The highest BCUT2D eigenvalue weighted by atomic mass is 32.1. The molecule has 2 nitrogen and oxygen atoms in total. The van der Waals surface area contributed by atoms with E-state index >= 15 is 0 Å². The standard InChI is InChI=1S/C7H10F2N2S/c8-7(9)6(11-10)3-5-1-2-12-4-5/h1-2,4,6-7,11H,3,10H2. The second-order valence-electron chi connectivity index (χ2n) is 2.44. The first kappa shape index (κ1) is 9.57. The van der Waals surface area contributed by atoms with E-state index in [1.807, 2.05) is 16.8 Å². The zero-order valence-electron chi connectivity index (χ0n) is 6.34. The number of thiophene rings is 1. The minimum Gasteiger partial charge on any atom is -0.271 e. The lowest BCUT2D eigenvalue weighted by atomic mass is 10.1. The third-order valence-electron chi connectivity index (χ3n) is 1.55. The molecule has 12 heavy (non-hydrogen) atoms. The molecule has 0 saturated heterocycles. The highest BCUT2D eigenvalue weighted by molar-refractivity contribution is 7.07. The van der Waals surface area contributed by atoms with Gasteiger partial charge in [-0.15, -0.1) is 0 Å². The molecular formula is C7H10F2N2S. The summed E-state index contributed by atoms with van der Waals surface area (Å²) in [6, 6.07) is 0.872. The molecule has 0 bridgehead atoms. The first-order valence-corrected chi connectivity index (χ1v) is 4.43. The molecule has 0 radical (unpaired) electrons. The molecule has 1 atom stereocenters. The van der Waals surface area contributed by atoms with Crippen molar-refractivity contribution >= 4 is 11.3 Å². The summed E-state index contributed by atoms with van der Waals surface area (Å²) in [6.07, 6.45) is -2.15. The van der Waals surface area contributed by atoms with E-state index in [0.717, 1.165) is 5.56 Å². The van der Waals surface area contributed by atoms with E-state index in [1.54, 1.807) is 0 Å². The number of hydrogen-bond donors (Lipinski definition) is 2. The molecule has 68 valence electrons. The van der Waals surface area contributed by atoms with E-state index in [4.69, 9.17) is 5.84 Å². The number of nitrogens with one attached hydrogen (secondary N) is 1. The summed E-state index contributed by atoms with van der Waals surface area (Å²) in [4.78, 5) is 0. The topological polar surface area (TPSA) is 38.0 Å². The maximum Gasteiger partial charge on any atom is 0.255 e. The number of rotatable bonds is 4. The van der Waals surface area contributed by atoms with Gasteiger partial charge in [-0.2, -0.15) is 11.3 Å². The normalized spacial score (nSPS) is 13.7. The molecule has 0 aliphatic heterocycles. The zero-order chi connectivity index (χ0) is 8.97. The van der Waals surface area contributed by atoms with Crippen molar-refractivity contribution in [3.63, 3.8) is 0 Å². The second kappa shape index (κ2) is 4.49. The summed E-state index contributed by atoms with van der Waals surface area (Å²) in [7, 11) is 0. The molecule has 5 heteroatoms. The Morgan fingerprint density at radius 2 is 2.33 bits per heavy atom. The molecule has 0 saturated carbocycles. The van der Waals surface area contributed by atoms with Gasteiger partial charge in [-0.25, -0.2) is 8.78 Å². The Kier molecular flexibility index (Phi) is 3.58. The molecule has 0 aliphatic carbocycles. The lowest BCUT2D eigenvalue weighted by molar-refractivity contribution is 0.0985. The largest absolute Gasteiger partial charge is 0.271 e. The molecule has 0 fully saturated rings. The molecule has 1 unspecified atom stereocenters. The third kappa shape index (κ3) is 2.51. The van der Waals surface area contributed by atoms with Gasteiger partial charge in [0.2, 0.25) is 0 Å². The Balaban J connectivity index is 2.48. The fraction of sp³-hybridized carbons (Fsp3) is 0.429. The minimum atomic E-state index is -2.42. The summed E-state index contributed by atoms with van der Waals surface area (Å²) >= 11 is 1.49. The molecule has 0 amide bonds. The average Bonchev–Trinajstić information content (AvgIpc) is 2.51. The lowest BCUT2D eigenvalue weighted by Gasteiger charge is -2.13. The summed E-state index contributed by atoms with van der Waals surface area (Å²) in [5.41, 5.74) is 2.99. The first-order valence-electron chi connectivity index (χ1n) is 3.49. The molecule has 0 aromatic carbocycles. The first-order chi connectivity index (χ1) is 5.74. The van der Waals surface area contributed by atoms with Gasteiger partial charge in [-0.3, -0.25) is 11.3 Å². The van der Waals surface area contributed by atoms with Gasteiger partial charge in [-0.1, -0.05) is 0 Å². The van der Waals surface area contributed by atoms with Crippen molar-refractivity contribution in [1.29, 1.82) is 0 Å². The molecule has 1 heterocycles. The SMILES string of the molecule is NNC(Cc1ccsc1)C(F)F. The van der Waals surface area contributed by atoms with Crippen LogP contribution in [0.25, 0.3) is 0 Å². The number of hydrazine groups is 1. The van der Waals surface area contributed by atoms with Crippen LogP contribution in [0.1, 0.15) is 5.56 Å². The molecule has 3 N–H and O–H groups in total. The van der Waals surface area contributed by atoms with Crippen molar-refractivity contribution in [2.75, 3.05) is 0 Å². The highest BCUT2D eigenvalue weighted by Gasteiger charge is 2.18. The predicted molar refractivity (Wildman–Crippen MR) is 45.1 cm³/mol. The van der Waals surface area contributed by atoms with E-state index in [1.165, 1.54) is 11.3 Å². The lowest BCUT2D eigenvalue weighted by Crippen LogP contribution is -2.41. The number of halogens is 2. The predicted octanol–water partition coefficient (Wildman–Crippen LogP) is 1.39. The molecule has 1 aromatic heterocycles. The van der Waals surface area contributed by atoms with Crippen molar-refractivity contribution in [1.82, 2.24) is 5.43 Å². The Bertz CT molecular complexity index is 213. The van der Waals surface area contributed by atoms with E-state index in [0.29, 0.717) is 0 Å². The summed E-state index contributed by atoms with van der Waals surface area (Å²) < 4.78 is 24.3. The van der Waals surface area contributed by atoms with Gasteiger partial charge in [-0.05, 0) is 28.8 Å². The van der Waals surface area contributed by atoms with Crippen LogP contribution in [0, 0.1) is 0 Å². The van der Waals surface area contributed by atoms with Crippen molar-refractivity contribution in [2.24, 2.45) is 5.84 Å². The Morgan fingerprint density at radius 1 is 1.58 bits per heavy atom. The molecular weight excluding hydrogens is 182 g/mol. The molecule has 0 aliphatic rings. The van der Waals surface area contributed by atoms with Crippen LogP contribution in [0.4, 0.5) is 8.78 Å². The fourth-order valence-corrected chi connectivity index (χ4v) is 1.56. The zero-order valence-corrected chi connectivity index (χ0v) is 7.15.